The van der Waals surface area contributed by atoms with Gasteiger partial charge >= 0.3 is 0 Å². The third-order valence-electron chi connectivity index (χ3n) is 2.37. The summed E-state index contributed by atoms with van der Waals surface area (Å²) in [5.74, 6) is 0. The van der Waals surface area contributed by atoms with Crippen molar-refractivity contribution in [2.45, 2.75) is 19.9 Å². The van der Waals surface area contributed by atoms with E-state index in [0.29, 0.717) is 0 Å². The molecule has 0 amide bonds. The molecule has 0 heterocycles. The second kappa shape index (κ2) is 3.23. The topological polar surface area (TPSA) is 29.1 Å². The van der Waals surface area contributed by atoms with Gasteiger partial charge in [0, 0.05) is 6.04 Å². The monoisotopic (exact) mass is 165 g/mol. The molecule has 0 saturated carbocycles. The fourth-order valence-corrected chi connectivity index (χ4v) is 1.42. The fourth-order valence-electron chi connectivity index (χ4n) is 1.42. The van der Waals surface area contributed by atoms with Gasteiger partial charge in [0.1, 0.15) is 6.29 Å². The molecule has 0 saturated heterocycles. The van der Waals surface area contributed by atoms with Gasteiger partial charge in [-0.2, -0.15) is 0 Å². The molecule has 0 aromatic rings. The normalized spacial score (nSPS) is 34.6. The van der Waals surface area contributed by atoms with E-state index in [0.717, 1.165) is 6.29 Å². The zero-order valence-electron chi connectivity index (χ0n) is 7.79. The number of nitrogens with one attached hydrogen (secondary N) is 1. The molecular formula is C10H15NO. The Morgan fingerprint density at radius 1 is 1.67 bits per heavy atom. The van der Waals surface area contributed by atoms with E-state index in [1.54, 1.807) is 0 Å². The number of likely N-dealkylation sites (N-methyl/N-ethyl adjacent to an activating group) is 1. The predicted octanol–water partition coefficient (Wildman–Crippen LogP) is 1.30. The van der Waals surface area contributed by atoms with Crippen LogP contribution in [-0.4, -0.2) is 19.4 Å². The molecule has 1 N–H and O–H groups in total. The molecule has 2 unspecified atom stereocenters. The van der Waals surface area contributed by atoms with E-state index >= 15 is 0 Å². The van der Waals surface area contributed by atoms with E-state index in [-0.39, 0.29) is 11.5 Å². The number of aldehydes is 1. The summed E-state index contributed by atoms with van der Waals surface area (Å²) in [7, 11) is 1.87. The van der Waals surface area contributed by atoms with E-state index in [4.69, 9.17) is 0 Å². The van der Waals surface area contributed by atoms with E-state index in [9.17, 15) is 4.79 Å². The lowest BCUT2D eigenvalue weighted by Gasteiger charge is -2.30. The molecule has 0 aliphatic heterocycles. The summed E-state index contributed by atoms with van der Waals surface area (Å²) in [5.41, 5.74) is 0.822. The molecule has 1 aliphatic carbocycles. The SMILES string of the molecule is CNC1C=C(C)C=CC1(C)C=O. The molecule has 1 rings (SSSR count). The van der Waals surface area contributed by atoms with Gasteiger partial charge in [-0.15, -0.1) is 0 Å². The van der Waals surface area contributed by atoms with Crippen LogP contribution < -0.4 is 5.32 Å². The molecular weight excluding hydrogens is 150 g/mol. The Labute approximate surface area is 73.4 Å². The van der Waals surface area contributed by atoms with Crippen molar-refractivity contribution in [3.63, 3.8) is 0 Å². The third kappa shape index (κ3) is 1.48. The molecule has 0 spiro atoms. The van der Waals surface area contributed by atoms with Crippen LogP contribution in [-0.2, 0) is 4.79 Å². The fraction of sp³-hybridized carbons (Fsp3) is 0.500. The second-order valence-corrected chi connectivity index (χ2v) is 3.49. The van der Waals surface area contributed by atoms with Crippen LogP contribution in [0.15, 0.2) is 23.8 Å². The van der Waals surface area contributed by atoms with Gasteiger partial charge in [-0.3, -0.25) is 0 Å². The number of hydrogen-bond donors (Lipinski definition) is 1. The number of carbonyl (C=O) groups excluding carboxylic acids is 1. The minimum atomic E-state index is -0.381. The minimum absolute atomic E-state index is 0.125. The Morgan fingerprint density at radius 3 is 2.83 bits per heavy atom. The highest BCUT2D eigenvalue weighted by atomic mass is 16.1. The Kier molecular flexibility index (Phi) is 2.48. The maximum atomic E-state index is 10.8. The molecule has 0 bridgehead atoms. The van der Waals surface area contributed by atoms with Crippen LogP contribution in [0.4, 0.5) is 0 Å². The molecule has 2 nitrogen and oxygen atoms in total. The van der Waals surface area contributed by atoms with Crippen molar-refractivity contribution in [2.24, 2.45) is 5.41 Å². The molecule has 2 atom stereocenters. The van der Waals surface area contributed by atoms with Crippen LogP contribution in [0.25, 0.3) is 0 Å². The number of hydrogen-bond acceptors (Lipinski definition) is 2. The van der Waals surface area contributed by atoms with Crippen LogP contribution in [0.3, 0.4) is 0 Å². The smallest absolute Gasteiger partial charge is 0.131 e. The zero-order chi connectivity index (χ0) is 9.19. The van der Waals surface area contributed by atoms with Crippen LogP contribution in [0, 0.1) is 5.41 Å². The van der Waals surface area contributed by atoms with E-state index in [1.807, 2.05) is 33.0 Å². The lowest BCUT2D eigenvalue weighted by atomic mass is 9.79. The van der Waals surface area contributed by atoms with Crippen LogP contribution in [0.5, 0.6) is 0 Å². The summed E-state index contributed by atoms with van der Waals surface area (Å²) in [4.78, 5) is 10.8. The summed E-state index contributed by atoms with van der Waals surface area (Å²) in [5, 5.41) is 3.12. The van der Waals surface area contributed by atoms with Gasteiger partial charge in [0.15, 0.2) is 0 Å². The first kappa shape index (κ1) is 9.20. The maximum Gasteiger partial charge on any atom is 0.131 e. The Morgan fingerprint density at radius 2 is 2.33 bits per heavy atom. The van der Waals surface area contributed by atoms with Crippen molar-refractivity contribution in [1.82, 2.24) is 5.32 Å². The number of allylic oxidation sites excluding steroid dienone is 2. The lowest BCUT2D eigenvalue weighted by Crippen LogP contribution is -2.41. The number of rotatable bonds is 2. The van der Waals surface area contributed by atoms with Gasteiger partial charge < -0.3 is 10.1 Å². The van der Waals surface area contributed by atoms with Crippen LogP contribution >= 0.6 is 0 Å². The maximum absolute atomic E-state index is 10.8. The third-order valence-corrected chi connectivity index (χ3v) is 2.37. The molecule has 0 aromatic carbocycles. The summed E-state index contributed by atoms with van der Waals surface area (Å²) < 4.78 is 0. The highest BCUT2D eigenvalue weighted by Crippen LogP contribution is 2.26. The Balaban J connectivity index is 2.94. The minimum Gasteiger partial charge on any atom is -0.312 e. The van der Waals surface area contributed by atoms with E-state index < -0.39 is 0 Å². The van der Waals surface area contributed by atoms with Crippen molar-refractivity contribution in [3.05, 3.63) is 23.8 Å². The second-order valence-electron chi connectivity index (χ2n) is 3.49. The van der Waals surface area contributed by atoms with Gasteiger partial charge in [0.05, 0.1) is 5.41 Å². The van der Waals surface area contributed by atoms with Crippen molar-refractivity contribution >= 4 is 6.29 Å². The highest BCUT2D eigenvalue weighted by molar-refractivity contribution is 5.65. The van der Waals surface area contributed by atoms with Gasteiger partial charge in [-0.1, -0.05) is 23.8 Å². The quantitative estimate of drug-likeness (QED) is 0.625. The first-order chi connectivity index (χ1) is 5.62. The largest absolute Gasteiger partial charge is 0.312 e. The lowest BCUT2D eigenvalue weighted by molar-refractivity contribution is -0.114. The predicted molar refractivity (Wildman–Crippen MR) is 49.9 cm³/mol. The molecule has 0 radical (unpaired) electrons. The first-order valence-electron chi connectivity index (χ1n) is 4.13. The Hall–Kier alpha value is -0.890. The van der Waals surface area contributed by atoms with Gasteiger partial charge in [-0.25, -0.2) is 0 Å². The molecule has 66 valence electrons. The summed E-state index contributed by atoms with van der Waals surface area (Å²) in [6, 6.07) is 0.125. The Bertz CT molecular complexity index is 242. The summed E-state index contributed by atoms with van der Waals surface area (Å²) >= 11 is 0. The molecule has 0 aromatic heterocycles. The summed E-state index contributed by atoms with van der Waals surface area (Å²) in [6.45, 7) is 3.96. The van der Waals surface area contributed by atoms with Crippen molar-refractivity contribution < 1.29 is 4.79 Å². The van der Waals surface area contributed by atoms with Crippen molar-refractivity contribution in [3.8, 4) is 0 Å². The van der Waals surface area contributed by atoms with Gasteiger partial charge in [0.25, 0.3) is 0 Å². The standard InChI is InChI=1S/C10H15NO/c1-8-4-5-10(2,7-12)9(6-8)11-3/h4-7,9,11H,1-3H3. The van der Waals surface area contributed by atoms with Crippen LogP contribution in [0.2, 0.25) is 0 Å². The van der Waals surface area contributed by atoms with Gasteiger partial charge in [-0.05, 0) is 20.9 Å². The highest BCUT2D eigenvalue weighted by Gasteiger charge is 2.30. The first-order valence-corrected chi connectivity index (χ1v) is 4.13. The van der Waals surface area contributed by atoms with Crippen molar-refractivity contribution in [1.29, 1.82) is 0 Å². The summed E-state index contributed by atoms with van der Waals surface area (Å²) in [6.07, 6.45) is 7.01. The number of carbonyl (C=O) groups is 1. The molecule has 2 heteroatoms. The average molecular weight is 165 g/mol. The molecule has 12 heavy (non-hydrogen) atoms. The average Bonchev–Trinajstić information content (AvgIpc) is 2.09. The van der Waals surface area contributed by atoms with Crippen molar-refractivity contribution in [2.75, 3.05) is 7.05 Å². The van der Waals surface area contributed by atoms with E-state index in [1.165, 1.54) is 5.57 Å². The van der Waals surface area contributed by atoms with Crippen LogP contribution in [0.1, 0.15) is 13.8 Å². The van der Waals surface area contributed by atoms with Gasteiger partial charge in [0.2, 0.25) is 0 Å². The molecule has 1 aliphatic rings. The molecule has 0 fully saturated rings. The van der Waals surface area contributed by atoms with E-state index in [2.05, 4.69) is 11.4 Å². The zero-order valence-corrected chi connectivity index (χ0v) is 7.79.